The minimum absolute atomic E-state index is 0.0812. The summed E-state index contributed by atoms with van der Waals surface area (Å²) in [7, 11) is 0. The number of carboxylic acids is 1. The van der Waals surface area contributed by atoms with E-state index >= 15 is 0 Å². The summed E-state index contributed by atoms with van der Waals surface area (Å²) in [5.41, 5.74) is 0.785. The molecule has 6 nitrogen and oxygen atoms in total. The summed E-state index contributed by atoms with van der Waals surface area (Å²) in [5.74, 6) is -1.82. The lowest BCUT2D eigenvalue weighted by molar-refractivity contribution is -0.149. The van der Waals surface area contributed by atoms with Crippen molar-refractivity contribution in [1.29, 1.82) is 0 Å². The van der Waals surface area contributed by atoms with Crippen molar-refractivity contribution in [2.24, 2.45) is 5.92 Å². The Hall–Kier alpha value is -2.08. The third-order valence-corrected chi connectivity index (χ3v) is 4.91. The van der Waals surface area contributed by atoms with Gasteiger partial charge in [0, 0.05) is 24.5 Å². The molecule has 25 heavy (non-hydrogen) atoms. The summed E-state index contributed by atoms with van der Waals surface area (Å²) in [6.45, 7) is 3.71. The Labute approximate surface area is 152 Å². The lowest BCUT2D eigenvalue weighted by Gasteiger charge is -2.38. The topological polar surface area (TPSA) is 86.7 Å². The van der Waals surface area contributed by atoms with E-state index in [9.17, 15) is 19.5 Å². The normalized spacial score (nSPS) is 21.5. The zero-order chi connectivity index (χ0) is 18.6. The number of halogens is 1. The number of amides is 2. The molecule has 1 aromatic rings. The lowest BCUT2D eigenvalue weighted by atomic mass is 9.89. The highest BCUT2D eigenvalue weighted by Gasteiger charge is 2.36. The number of benzene rings is 1. The molecule has 3 atom stereocenters. The van der Waals surface area contributed by atoms with Gasteiger partial charge in [-0.1, -0.05) is 23.7 Å². The molecule has 1 saturated heterocycles. The second-order valence-electron chi connectivity index (χ2n) is 6.42. The van der Waals surface area contributed by atoms with Gasteiger partial charge in [0.25, 0.3) is 0 Å². The molecule has 0 aromatic heterocycles. The van der Waals surface area contributed by atoms with Crippen LogP contribution in [0.1, 0.15) is 44.7 Å². The van der Waals surface area contributed by atoms with E-state index in [1.807, 2.05) is 0 Å². The van der Waals surface area contributed by atoms with Gasteiger partial charge >= 0.3 is 5.97 Å². The maximum absolute atomic E-state index is 12.8. The maximum atomic E-state index is 12.8. The molecule has 2 N–H and O–H groups in total. The molecule has 0 aliphatic carbocycles. The van der Waals surface area contributed by atoms with Crippen LogP contribution in [0.2, 0.25) is 5.02 Å². The fraction of sp³-hybridized carbons (Fsp3) is 0.500. The highest BCUT2D eigenvalue weighted by atomic mass is 35.5. The van der Waals surface area contributed by atoms with Gasteiger partial charge in [-0.05, 0) is 37.5 Å². The zero-order valence-electron chi connectivity index (χ0n) is 14.4. The summed E-state index contributed by atoms with van der Waals surface area (Å²) in [4.78, 5) is 37.2. The summed E-state index contributed by atoms with van der Waals surface area (Å²) in [6.07, 6.45) is 1.32. The largest absolute Gasteiger partial charge is 0.481 e. The first-order valence-corrected chi connectivity index (χ1v) is 8.72. The first-order valence-electron chi connectivity index (χ1n) is 8.34. The first-order chi connectivity index (χ1) is 11.8. The number of hydrogen-bond acceptors (Lipinski definition) is 3. The lowest BCUT2D eigenvalue weighted by Crippen LogP contribution is -2.49. The Bertz CT molecular complexity index is 647. The Balaban J connectivity index is 2.14. The van der Waals surface area contributed by atoms with Gasteiger partial charge in [0.15, 0.2) is 0 Å². The molecule has 1 heterocycles. The minimum atomic E-state index is -0.874. The number of rotatable bonds is 5. The number of piperidine rings is 1. The van der Waals surface area contributed by atoms with Crippen LogP contribution in [0.3, 0.4) is 0 Å². The average molecular weight is 367 g/mol. The molecule has 1 fully saturated rings. The van der Waals surface area contributed by atoms with Gasteiger partial charge in [-0.15, -0.1) is 0 Å². The van der Waals surface area contributed by atoms with Crippen molar-refractivity contribution in [2.45, 2.75) is 45.2 Å². The molecular formula is C18H23ClN2O4. The molecule has 2 rings (SSSR count). The smallest absolute Gasteiger partial charge is 0.308 e. The summed E-state index contributed by atoms with van der Waals surface area (Å²) >= 11 is 5.90. The molecule has 136 valence electrons. The number of carboxylic acid groups (broad SMARTS) is 1. The van der Waals surface area contributed by atoms with Gasteiger partial charge in [0.1, 0.15) is 0 Å². The number of nitrogens with zero attached hydrogens (tertiary/aromatic N) is 1. The van der Waals surface area contributed by atoms with Crippen LogP contribution in [0.25, 0.3) is 0 Å². The van der Waals surface area contributed by atoms with Gasteiger partial charge in [0.2, 0.25) is 11.8 Å². The zero-order valence-corrected chi connectivity index (χ0v) is 15.1. The van der Waals surface area contributed by atoms with E-state index < -0.39 is 17.9 Å². The SMILES string of the molecule is CC(=O)NC(CC(=O)N1CCC[C@@H](C(=O)O)[C@H]1C)c1ccc(Cl)cc1. The van der Waals surface area contributed by atoms with E-state index in [0.717, 1.165) is 5.56 Å². The van der Waals surface area contributed by atoms with E-state index in [-0.39, 0.29) is 24.3 Å². The fourth-order valence-corrected chi connectivity index (χ4v) is 3.44. The molecule has 0 spiro atoms. The van der Waals surface area contributed by atoms with Crippen molar-refractivity contribution in [2.75, 3.05) is 6.54 Å². The number of aliphatic carboxylic acids is 1. The maximum Gasteiger partial charge on any atom is 0.308 e. The van der Waals surface area contributed by atoms with Gasteiger partial charge < -0.3 is 15.3 Å². The number of carbonyl (C=O) groups is 3. The predicted molar refractivity (Wildman–Crippen MR) is 94.2 cm³/mol. The van der Waals surface area contributed by atoms with Crippen LogP contribution in [0, 0.1) is 5.92 Å². The fourth-order valence-electron chi connectivity index (χ4n) is 3.31. The van der Waals surface area contributed by atoms with E-state index in [0.29, 0.717) is 24.4 Å². The number of carbonyl (C=O) groups excluding carboxylic acids is 2. The van der Waals surface area contributed by atoms with Crippen molar-refractivity contribution in [1.82, 2.24) is 10.2 Å². The number of hydrogen-bond donors (Lipinski definition) is 2. The summed E-state index contributed by atoms with van der Waals surface area (Å²) in [6, 6.07) is 6.13. The van der Waals surface area contributed by atoms with E-state index in [4.69, 9.17) is 11.6 Å². The quantitative estimate of drug-likeness (QED) is 0.838. The third-order valence-electron chi connectivity index (χ3n) is 4.65. The van der Waals surface area contributed by atoms with Gasteiger partial charge in [0.05, 0.1) is 18.4 Å². The molecule has 1 unspecified atom stereocenters. The summed E-state index contributed by atoms with van der Waals surface area (Å²) in [5, 5.41) is 12.7. The standard InChI is InChI=1S/C18H23ClN2O4/c1-11-15(18(24)25)4-3-9-21(11)17(23)10-16(20-12(2)22)13-5-7-14(19)8-6-13/h5-8,11,15-16H,3-4,9-10H2,1-2H3,(H,20,22)(H,24,25)/t11-,15-,16?/m1/s1. The number of nitrogens with one attached hydrogen (secondary N) is 1. The van der Waals surface area contributed by atoms with Crippen LogP contribution in [-0.4, -0.2) is 40.4 Å². The van der Waals surface area contributed by atoms with E-state index in [1.165, 1.54) is 6.92 Å². The highest BCUT2D eigenvalue weighted by Crippen LogP contribution is 2.27. The van der Waals surface area contributed by atoms with Crippen LogP contribution in [0.15, 0.2) is 24.3 Å². The van der Waals surface area contributed by atoms with Crippen molar-refractivity contribution in [3.05, 3.63) is 34.9 Å². The van der Waals surface area contributed by atoms with E-state index in [2.05, 4.69) is 5.32 Å². The first kappa shape index (κ1) is 19.2. The monoisotopic (exact) mass is 366 g/mol. The Kier molecular flexibility index (Phi) is 6.42. The molecule has 1 aliphatic heterocycles. The third kappa shape index (κ3) is 4.95. The second-order valence-corrected chi connectivity index (χ2v) is 6.86. The van der Waals surface area contributed by atoms with Crippen LogP contribution in [0.5, 0.6) is 0 Å². The molecular weight excluding hydrogens is 344 g/mol. The second kappa shape index (κ2) is 8.34. The molecule has 0 radical (unpaired) electrons. The Morgan fingerprint density at radius 2 is 1.96 bits per heavy atom. The van der Waals surface area contributed by atoms with Crippen molar-refractivity contribution in [3.63, 3.8) is 0 Å². The van der Waals surface area contributed by atoms with Crippen LogP contribution >= 0.6 is 11.6 Å². The molecule has 0 saturated carbocycles. The average Bonchev–Trinajstić information content (AvgIpc) is 2.54. The van der Waals surface area contributed by atoms with Gasteiger partial charge in [-0.2, -0.15) is 0 Å². The molecule has 0 bridgehead atoms. The number of likely N-dealkylation sites (tertiary alicyclic amines) is 1. The van der Waals surface area contributed by atoms with Gasteiger partial charge in [-0.3, -0.25) is 14.4 Å². The van der Waals surface area contributed by atoms with Crippen LogP contribution < -0.4 is 5.32 Å². The molecule has 1 aliphatic rings. The van der Waals surface area contributed by atoms with Crippen molar-refractivity contribution >= 4 is 29.4 Å². The van der Waals surface area contributed by atoms with E-state index in [1.54, 1.807) is 36.1 Å². The minimum Gasteiger partial charge on any atom is -0.481 e. The molecule has 1 aromatic carbocycles. The predicted octanol–water partition coefficient (Wildman–Crippen LogP) is 2.62. The van der Waals surface area contributed by atoms with Crippen molar-refractivity contribution in [3.8, 4) is 0 Å². The summed E-state index contributed by atoms with van der Waals surface area (Å²) < 4.78 is 0. The highest BCUT2D eigenvalue weighted by molar-refractivity contribution is 6.30. The molecule has 2 amide bonds. The molecule has 7 heteroatoms. The van der Waals surface area contributed by atoms with Crippen molar-refractivity contribution < 1.29 is 19.5 Å². The van der Waals surface area contributed by atoms with Crippen LogP contribution in [0.4, 0.5) is 0 Å². The Morgan fingerprint density at radius 1 is 1.32 bits per heavy atom. The van der Waals surface area contributed by atoms with Crippen LogP contribution in [-0.2, 0) is 14.4 Å². The Morgan fingerprint density at radius 3 is 2.52 bits per heavy atom. The van der Waals surface area contributed by atoms with Gasteiger partial charge in [-0.25, -0.2) is 0 Å².